The van der Waals surface area contributed by atoms with Crippen molar-refractivity contribution in [3.8, 4) is 5.75 Å². The quantitative estimate of drug-likeness (QED) is 0.0769. The Morgan fingerprint density at radius 1 is 0.571 bits per heavy atom. The van der Waals surface area contributed by atoms with Gasteiger partial charge in [-0.05, 0) is 42.8 Å². The lowest BCUT2D eigenvalue weighted by molar-refractivity contribution is -0.597. The maximum atomic E-state index is 9.75. The molecule has 2 rings (SSSR count). The van der Waals surface area contributed by atoms with E-state index < -0.39 is 7.25 Å². The molecule has 0 fully saturated rings. The highest BCUT2D eigenvalue weighted by atomic mass is 127. The van der Waals surface area contributed by atoms with Crippen LogP contribution in [0.3, 0.4) is 0 Å². The average Bonchev–Trinajstić information content (AvgIpc) is 2.82. The first-order valence-electron chi connectivity index (χ1n) is 13.2. The van der Waals surface area contributed by atoms with E-state index in [0.29, 0.717) is 0 Å². The van der Waals surface area contributed by atoms with Gasteiger partial charge < -0.3 is 22.0 Å². The Kier molecular flexibility index (Phi) is 19.0. The van der Waals surface area contributed by atoms with Crippen molar-refractivity contribution in [2.45, 2.75) is 96.8 Å². The van der Waals surface area contributed by atoms with Crippen molar-refractivity contribution in [2.75, 3.05) is 6.61 Å². The van der Waals surface area contributed by atoms with Crippen LogP contribution < -0.4 is 25.9 Å². The summed E-state index contributed by atoms with van der Waals surface area (Å²) in [5, 5.41) is 0. The second-order valence-electron chi connectivity index (χ2n) is 8.78. The van der Waals surface area contributed by atoms with Crippen molar-refractivity contribution in [1.82, 2.24) is 0 Å². The van der Waals surface area contributed by atoms with Crippen LogP contribution in [0, 0.1) is 7.14 Å². The van der Waals surface area contributed by atoms with Crippen LogP contribution in [0.4, 0.5) is 17.3 Å². The van der Waals surface area contributed by atoms with Crippen LogP contribution in [0.2, 0.25) is 0 Å². The molecule has 0 heterocycles. The Bertz CT molecular complexity index is 720. The molecule has 0 unspecified atom stereocenters. The number of unbranched alkanes of at least 4 members (excludes halogenated alkanes) is 13. The number of ether oxygens (including phenoxy) is 1. The van der Waals surface area contributed by atoms with Gasteiger partial charge in [0.05, 0.1) is 6.61 Å². The maximum absolute atomic E-state index is 9.75. The van der Waals surface area contributed by atoms with E-state index in [1.165, 1.54) is 97.0 Å². The van der Waals surface area contributed by atoms with E-state index in [-0.39, 0.29) is 21.2 Å². The maximum Gasteiger partial charge on any atom is 0.673 e. The zero-order valence-corrected chi connectivity index (χ0v) is 23.3. The molecule has 2 aromatic rings. The summed E-state index contributed by atoms with van der Waals surface area (Å²) >= 11 is -0.0748. The number of benzene rings is 2. The SMILES string of the molecule is CCCCCCCCCCCCCCCCOc1ccc([I+]c2ccccc2)cc1.F[B-](F)(F)F. The van der Waals surface area contributed by atoms with Crippen LogP contribution in [-0.2, 0) is 0 Å². The van der Waals surface area contributed by atoms with E-state index >= 15 is 0 Å². The van der Waals surface area contributed by atoms with Crippen LogP contribution >= 0.6 is 0 Å². The van der Waals surface area contributed by atoms with Crippen molar-refractivity contribution < 1.29 is 43.2 Å². The van der Waals surface area contributed by atoms with Crippen LogP contribution in [0.1, 0.15) is 96.8 Å². The third kappa shape index (κ3) is 21.7. The zero-order valence-electron chi connectivity index (χ0n) is 21.2. The molecule has 2 aromatic carbocycles. The molecule has 0 aliphatic rings. The molecule has 0 bridgehead atoms. The Hall–Kier alpha value is -1.25. The van der Waals surface area contributed by atoms with E-state index in [1.807, 2.05) is 0 Å². The molecule has 0 saturated carbocycles. The number of hydrogen-bond acceptors (Lipinski definition) is 1. The molecule has 0 N–H and O–H groups in total. The first-order chi connectivity index (χ1) is 16.9. The molecule has 1 nitrogen and oxygen atoms in total. The van der Waals surface area contributed by atoms with Gasteiger partial charge in [-0.25, -0.2) is 0 Å². The fraction of sp³-hybridized carbons (Fsp3) is 0.571. The summed E-state index contributed by atoms with van der Waals surface area (Å²) in [5.41, 5.74) is 0. The largest absolute Gasteiger partial charge is 0.673 e. The van der Waals surface area contributed by atoms with Crippen molar-refractivity contribution >= 4 is 7.25 Å². The summed E-state index contributed by atoms with van der Waals surface area (Å²) in [6.45, 7) is 3.14. The van der Waals surface area contributed by atoms with E-state index in [0.717, 1.165) is 12.4 Å². The van der Waals surface area contributed by atoms with Gasteiger partial charge in [0, 0.05) is 0 Å². The normalized spacial score (nSPS) is 11.1. The van der Waals surface area contributed by atoms with Gasteiger partial charge in [0.2, 0.25) is 0 Å². The molecule has 0 aliphatic carbocycles. The fourth-order valence-corrected chi connectivity index (χ4v) is 5.90. The van der Waals surface area contributed by atoms with Gasteiger partial charge in [-0.2, -0.15) is 0 Å². The summed E-state index contributed by atoms with van der Waals surface area (Å²) in [4.78, 5) is 0. The first-order valence-corrected chi connectivity index (χ1v) is 15.3. The highest BCUT2D eigenvalue weighted by Crippen LogP contribution is 2.14. The lowest BCUT2D eigenvalue weighted by Gasteiger charge is -2.06. The van der Waals surface area contributed by atoms with Crippen molar-refractivity contribution in [2.24, 2.45) is 0 Å². The van der Waals surface area contributed by atoms with Crippen molar-refractivity contribution in [3.05, 3.63) is 61.7 Å². The Morgan fingerprint density at radius 2 is 0.971 bits per heavy atom. The third-order valence-electron chi connectivity index (χ3n) is 5.53. The fourth-order valence-electron chi connectivity index (χ4n) is 3.68. The highest BCUT2D eigenvalue weighted by Gasteiger charge is 2.20. The van der Waals surface area contributed by atoms with Crippen molar-refractivity contribution in [1.29, 1.82) is 0 Å². The predicted molar refractivity (Wildman–Crippen MR) is 136 cm³/mol. The van der Waals surface area contributed by atoms with Crippen LogP contribution in [0.5, 0.6) is 5.75 Å². The van der Waals surface area contributed by atoms with Gasteiger partial charge in [0.25, 0.3) is 0 Å². The van der Waals surface area contributed by atoms with Gasteiger partial charge in [-0.1, -0.05) is 109 Å². The molecule has 198 valence electrons. The average molecular weight is 608 g/mol. The zero-order chi connectivity index (χ0) is 25.6. The lowest BCUT2D eigenvalue weighted by Crippen LogP contribution is -3.61. The molecule has 0 radical (unpaired) electrons. The first kappa shape index (κ1) is 31.8. The smallest absolute Gasteiger partial charge is 0.494 e. The van der Waals surface area contributed by atoms with Gasteiger partial charge in [0.1, 0.15) is 5.75 Å². The minimum atomic E-state index is -6.00. The third-order valence-corrected chi connectivity index (χ3v) is 8.22. The molecule has 0 aliphatic heterocycles. The second kappa shape index (κ2) is 20.9. The monoisotopic (exact) mass is 608 g/mol. The van der Waals surface area contributed by atoms with E-state index in [2.05, 4.69) is 61.5 Å². The Morgan fingerprint density at radius 3 is 1.43 bits per heavy atom. The minimum Gasteiger partial charge on any atom is -0.494 e. The summed E-state index contributed by atoms with van der Waals surface area (Å²) in [6, 6.07) is 19.6. The number of hydrogen-bond donors (Lipinski definition) is 0. The molecule has 0 spiro atoms. The summed E-state index contributed by atoms with van der Waals surface area (Å²) in [7, 11) is -6.00. The predicted octanol–water partition coefficient (Wildman–Crippen LogP) is 6.98. The highest BCUT2D eigenvalue weighted by molar-refractivity contribution is 6.50. The summed E-state index contributed by atoms with van der Waals surface area (Å²) in [5.74, 6) is 1.02. The van der Waals surface area contributed by atoms with Gasteiger partial charge >= 0.3 is 28.5 Å². The molecule has 0 saturated heterocycles. The molecule has 0 amide bonds. The van der Waals surface area contributed by atoms with E-state index in [9.17, 15) is 17.3 Å². The van der Waals surface area contributed by atoms with Crippen molar-refractivity contribution in [3.63, 3.8) is 0 Å². The standard InChI is InChI=1S/C28H42IO.BF4/c1-2-3-4-5-6-7-8-9-10-11-12-13-14-18-25-30-28-23-21-27(22-24-28)29-26-19-16-15-17-20-26;2-1(3,4)5/h15-17,19-24H,2-14,18,25H2,1H3;/q+1;-1. The Labute approximate surface area is 220 Å². The summed E-state index contributed by atoms with van der Waals surface area (Å²) < 4.78 is 47.8. The Balaban J connectivity index is 0.00000111. The lowest BCUT2D eigenvalue weighted by atomic mass is 10.0. The van der Waals surface area contributed by atoms with Crippen LogP contribution in [-0.4, -0.2) is 13.9 Å². The molecule has 35 heavy (non-hydrogen) atoms. The van der Waals surface area contributed by atoms with Crippen LogP contribution in [0.25, 0.3) is 0 Å². The summed E-state index contributed by atoms with van der Waals surface area (Å²) in [6.07, 6.45) is 19.6. The van der Waals surface area contributed by atoms with Gasteiger partial charge in [0.15, 0.2) is 7.14 Å². The molecular weight excluding hydrogens is 566 g/mol. The van der Waals surface area contributed by atoms with E-state index in [1.54, 1.807) is 0 Å². The van der Waals surface area contributed by atoms with Crippen LogP contribution in [0.15, 0.2) is 54.6 Å². The molecule has 0 atom stereocenters. The van der Waals surface area contributed by atoms with Gasteiger partial charge in [-0.3, -0.25) is 0 Å². The topological polar surface area (TPSA) is 9.23 Å². The molecular formula is C28H42BF4IO. The minimum absolute atomic E-state index is 0.0748. The van der Waals surface area contributed by atoms with E-state index in [4.69, 9.17) is 4.74 Å². The van der Waals surface area contributed by atoms with Gasteiger partial charge in [-0.15, -0.1) is 0 Å². The second-order valence-corrected chi connectivity index (χ2v) is 11.8. The number of halogens is 5. The molecule has 7 heteroatoms. The number of rotatable bonds is 18. The molecule has 0 aromatic heterocycles.